The third-order valence-corrected chi connectivity index (χ3v) is 3.09. The second kappa shape index (κ2) is 6.31. The lowest BCUT2D eigenvalue weighted by atomic mass is 10.1. The minimum Gasteiger partial charge on any atom is -0.394 e. The van der Waals surface area contributed by atoms with Gasteiger partial charge in [0.15, 0.2) is 0 Å². The highest BCUT2D eigenvalue weighted by Gasteiger charge is 2.19. The standard InChI is InChI=1S/C14H16N3O3/c15-12(8-19)14(20)17-10(7-18)5-9-6-16-13-4-2-1-3-11(9)13/h1-4,6,10,12,16,19H,5,8,15H2,(H,17,20)/t10-,12-/m0/s1. The molecule has 6 nitrogen and oxygen atoms in total. The molecule has 1 aromatic heterocycles. The maximum Gasteiger partial charge on any atom is 0.239 e. The van der Waals surface area contributed by atoms with Gasteiger partial charge in [-0.1, -0.05) is 18.2 Å². The molecule has 1 heterocycles. The quantitative estimate of drug-likeness (QED) is 0.576. The van der Waals surface area contributed by atoms with Gasteiger partial charge in [-0.3, -0.25) is 9.59 Å². The average molecular weight is 274 g/mol. The minimum absolute atomic E-state index is 0.317. The molecule has 1 radical (unpaired) electrons. The minimum atomic E-state index is -1.03. The van der Waals surface area contributed by atoms with E-state index in [0.29, 0.717) is 6.42 Å². The molecule has 5 N–H and O–H groups in total. The average Bonchev–Trinajstić information content (AvgIpc) is 2.88. The number of aliphatic hydroxyl groups is 1. The van der Waals surface area contributed by atoms with Gasteiger partial charge in [0.2, 0.25) is 12.2 Å². The number of amides is 1. The third-order valence-electron chi connectivity index (χ3n) is 3.09. The first-order chi connectivity index (χ1) is 9.65. The molecular formula is C14H16N3O3. The normalized spacial score (nSPS) is 13.9. The summed E-state index contributed by atoms with van der Waals surface area (Å²) in [7, 11) is 0. The van der Waals surface area contributed by atoms with E-state index in [-0.39, 0.29) is 0 Å². The van der Waals surface area contributed by atoms with Crippen LogP contribution in [0.15, 0.2) is 30.5 Å². The third kappa shape index (κ3) is 3.04. The topological polar surface area (TPSA) is 108 Å². The predicted molar refractivity (Wildman–Crippen MR) is 74.7 cm³/mol. The molecule has 1 aromatic carbocycles. The van der Waals surface area contributed by atoms with Gasteiger partial charge in [0.25, 0.3) is 0 Å². The fourth-order valence-corrected chi connectivity index (χ4v) is 2.00. The van der Waals surface area contributed by atoms with Gasteiger partial charge in [0.05, 0.1) is 12.6 Å². The molecule has 20 heavy (non-hydrogen) atoms. The maximum absolute atomic E-state index is 11.6. The summed E-state index contributed by atoms with van der Waals surface area (Å²) in [5.41, 5.74) is 7.26. The summed E-state index contributed by atoms with van der Waals surface area (Å²) < 4.78 is 0. The Balaban J connectivity index is 2.10. The lowest BCUT2D eigenvalue weighted by molar-refractivity contribution is -0.123. The highest BCUT2D eigenvalue weighted by Crippen LogP contribution is 2.18. The molecule has 6 heteroatoms. The summed E-state index contributed by atoms with van der Waals surface area (Å²) >= 11 is 0. The van der Waals surface area contributed by atoms with Gasteiger partial charge >= 0.3 is 0 Å². The van der Waals surface area contributed by atoms with E-state index in [2.05, 4.69) is 10.3 Å². The van der Waals surface area contributed by atoms with Crippen LogP contribution in [0.1, 0.15) is 5.56 Å². The van der Waals surface area contributed by atoms with Crippen LogP contribution in [-0.4, -0.2) is 41.0 Å². The molecule has 0 aliphatic rings. The summed E-state index contributed by atoms with van der Waals surface area (Å²) in [6, 6.07) is 5.85. The molecule has 0 fully saturated rings. The van der Waals surface area contributed by atoms with Gasteiger partial charge in [-0.2, -0.15) is 0 Å². The number of hydrogen-bond acceptors (Lipinski definition) is 4. The fraction of sp³-hybridized carbons (Fsp3) is 0.286. The van der Waals surface area contributed by atoms with Crippen molar-refractivity contribution in [2.75, 3.05) is 6.61 Å². The Morgan fingerprint density at radius 2 is 2.20 bits per heavy atom. The first kappa shape index (κ1) is 14.2. The summed E-state index contributed by atoms with van der Waals surface area (Å²) in [6.07, 6.45) is 3.90. The number of carbonyl (C=O) groups is 1. The number of rotatable bonds is 6. The SMILES string of the molecule is N[C@@H](CO)C(=O)N[C@H]([C]=O)Cc1c[nH]c2ccccc12. The fourth-order valence-electron chi connectivity index (χ4n) is 2.00. The van der Waals surface area contributed by atoms with E-state index in [9.17, 15) is 9.59 Å². The van der Waals surface area contributed by atoms with E-state index in [1.807, 2.05) is 24.3 Å². The summed E-state index contributed by atoms with van der Waals surface area (Å²) in [4.78, 5) is 25.6. The van der Waals surface area contributed by atoms with Crippen LogP contribution in [0.2, 0.25) is 0 Å². The van der Waals surface area contributed by atoms with E-state index in [1.165, 1.54) is 0 Å². The summed E-state index contributed by atoms with van der Waals surface area (Å²) in [5, 5.41) is 12.3. The lowest BCUT2D eigenvalue weighted by Gasteiger charge is -2.14. The lowest BCUT2D eigenvalue weighted by Crippen LogP contribution is -2.48. The van der Waals surface area contributed by atoms with Crippen molar-refractivity contribution < 1.29 is 14.7 Å². The van der Waals surface area contributed by atoms with Crippen LogP contribution in [0.5, 0.6) is 0 Å². The number of fused-ring (bicyclic) bond motifs is 1. The Morgan fingerprint density at radius 3 is 2.90 bits per heavy atom. The molecule has 0 bridgehead atoms. The first-order valence-electron chi connectivity index (χ1n) is 6.25. The Hall–Kier alpha value is -2.18. The second-order valence-electron chi connectivity index (χ2n) is 4.53. The van der Waals surface area contributed by atoms with Crippen molar-refractivity contribution in [3.8, 4) is 0 Å². The van der Waals surface area contributed by atoms with Crippen molar-refractivity contribution in [1.82, 2.24) is 10.3 Å². The molecule has 0 spiro atoms. The van der Waals surface area contributed by atoms with E-state index in [0.717, 1.165) is 16.5 Å². The van der Waals surface area contributed by atoms with E-state index in [4.69, 9.17) is 10.8 Å². The van der Waals surface area contributed by atoms with Crippen LogP contribution in [-0.2, 0) is 16.0 Å². The Morgan fingerprint density at radius 1 is 1.45 bits per heavy atom. The summed E-state index contributed by atoms with van der Waals surface area (Å²) in [6.45, 7) is -0.468. The van der Waals surface area contributed by atoms with E-state index >= 15 is 0 Å². The van der Waals surface area contributed by atoms with Crippen molar-refractivity contribution in [1.29, 1.82) is 0 Å². The van der Waals surface area contributed by atoms with Crippen molar-refractivity contribution in [2.24, 2.45) is 5.73 Å². The first-order valence-corrected chi connectivity index (χ1v) is 6.25. The molecule has 0 aliphatic carbocycles. The zero-order valence-electron chi connectivity index (χ0n) is 10.8. The molecule has 0 saturated heterocycles. The number of nitrogens with two attached hydrogens (primary N) is 1. The van der Waals surface area contributed by atoms with Crippen LogP contribution < -0.4 is 11.1 Å². The predicted octanol–water partition coefficient (Wildman–Crippen LogP) is -0.375. The largest absolute Gasteiger partial charge is 0.394 e. The zero-order valence-corrected chi connectivity index (χ0v) is 10.8. The van der Waals surface area contributed by atoms with Crippen molar-refractivity contribution in [2.45, 2.75) is 18.5 Å². The van der Waals surface area contributed by atoms with Gasteiger partial charge in [-0.25, -0.2) is 0 Å². The number of H-pyrrole nitrogens is 1. The molecule has 2 atom stereocenters. The van der Waals surface area contributed by atoms with E-state index < -0.39 is 24.6 Å². The Bertz CT molecular complexity index is 608. The molecule has 105 valence electrons. The molecule has 0 unspecified atom stereocenters. The molecule has 0 aliphatic heterocycles. The van der Waals surface area contributed by atoms with Crippen LogP contribution in [0.3, 0.4) is 0 Å². The van der Waals surface area contributed by atoms with Crippen LogP contribution in [0.25, 0.3) is 10.9 Å². The summed E-state index contributed by atoms with van der Waals surface area (Å²) in [5.74, 6) is -0.569. The van der Waals surface area contributed by atoms with Gasteiger partial charge < -0.3 is 21.1 Å². The van der Waals surface area contributed by atoms with Crippen molar-refractivity contribution >= 4 is 23.1 Å². The number of aliphatic hydroxyl groups excluding tert-OH is 1. The van der Waals surface area contributed by atoms with Gasteiger partial charge in [0, 0.05) is 23.5 Å². The molecular weight excluding hydrogens is 258 g/mol. The van der Waals surface area contributed by atoms with Gasteiger partial charge in [0.1, 0.15) is 6.04 Å². The maximum atomic E-state index is 11.6. The van der Waals surface area contributed by atoms with Crippen LogP contribution in [0.4, 0.5) is 0 Å². The van der Waals surface area contributed by atoms with Crippen molar-refractivity contribution in [3.63, 3.8) is 0 Å². The van der Waals surface area contributed by atoms with E-state index in [1.54, 1.807) is 12.5 Å². The highest BCUT2D eigenvalue weighted by atomic mass is 16.3. The number of hydrogen-bond donors (Lipinski definition) is 4. The number of nitrogens with one attached hydrogen (secondary N) is 2. The molecule has 2 rings (SSSR count). The Kier molecular flexibility index (Phi) is 4.49. The van der Waals surface area contributed by atoms with Crippen LogP contribution >= 0.6 is 0 Å². The number of benzene rings is 1. The number of para-hydroxylation sites is 1. The highest BCUT2D eigenvalue weighted by molar-refractivity contribution is 5.86. The monoisotopic (exact) mass is 274 g/mol. The zero-order chi connectivity index (χ0) is 14.5. The number of carbonyl (C=O) groups excluding carboxylic acids is 2. The molecule has 0 saturated carbocycles. The van der Waals surface area contributed by atoms with Crippen molar-refractivity contribution in [3.05, 3.63) is 36.0 Å². The van der Waals surface area contributed by atoms with Gasteiger partial charge in [-0.15, -0.1) is 0 Å². The second-order valence-corrected chi connectivity index (χ2v) is 4.53. The Labute approximate surface area is 116 Å². The molecule has 1 amide bonds. The number of aromatic nitrogens is 1. The smallest absolute Gasteiger partial charge is 0.239 e. The number of aromatic amines is 1. The van der Waals surface area contributed by atoms with Crippen LogP contribution in [0, 0.1) is 0 Å². The molecule has 2 aromatic rings. The van der Waals surface area contributed by atoms with Gasteiger partial charge in [-0.05, 0) is 11.6 Å².